The predicted octanol–water partition coefficient (Wildman–Crippen LogP) is 1.22. The molecule has 1 atom stereocenters. The van der Waals surface area contributed by atoms with Crippen LogP contribution in [-0.2, 0) is 16.1 Å². The van der Waals surface area contributed by atoms with Gasteiger partial charge < -0.3 is 15.6 Å². The second-order valence-corrected chi connectivity index (χ2v) is 4.52. The lowest BCUT2D eigenvalue weighted by atomic mass is 10.1. The second-order valence-electron chi connectivity index (χ2n) is 4.52. The summed E-state index contributed by atoms with van der Waals surface area (Å²) >= 11 is 0. The summed E-state index contributed by atoms with van der Waals surface area (Å²) in [4.78, 5) is 23.3. The third-order valence-electron chi connectivity index (χ3n) is 2.99. The Bertz CT molecular complexity index is 564. The number of primary amides is 1. The highest BCUT2D eigenvalue weighted by atomic mass is 16.2. The zero-order valence-corrected chi connectivity index (χ0v) is 11.0. The molecule has 2 amide bonds. The molecule has 1 unspecified atom stereocenters. The van der Waals surface area contributed by atoms with Crippen molar-refractivity contribution in [2.75, 3.05) is 0 Å². The van der Waals surface area contributed by atoms with Gasteiger partial charge in [-0.15, -0.1) is 0 Å². The van der Waals surface area contributed by atoms with Crippen LogP contribution in [0.15, 0.2) is 54.9 Å². The molecule has 0 aliphatic carbocycles. The molecule has 0 fully saturated rings. The van der Waals surface area contributed by atoms with Crippen LogP contribution in [0.25, 0.3) is 0 Å². The van der Waals surface area contributed by atoms with Crippen LogP contribution in [0.3, 0.4) is 0 Å². The molecule has 0 saturated carbocycles. The van der Waals surface area contributed by atoms with Crippen LogP contribution in [0.4, 0.5) is 0 Å². The summed E-state index contributed by atoms with van der Waals surface area (Å²) in [7, 11) is 0. The van der Waals surface area contributed by atoms with Gasteiger partial charge in [-0.25, -0.2) is 0 Å². The summed E-state index contributed by atoms with van der Waals surface area (Å²) in [5.41, 5.74) is 6.22. The van der Waals surface area contributed by atoms with Gasteiger partial charge in [0.15, 0.2) is 0 Å². The Labute approximate surface area is 117 Å². The van der Waals surface area contributed by atoms with E-state index in [2.05, 4.69) is 5.32 Å². The third-order valence-corrected chi connectivity index (χ3v) is 2.99. The maximum absolute atomic E-state index is 12.2. The second kappa shape index (κ2) is 6.56. The maximum atomic E-state index is 12.2. The van der Waals surface area contributed by atoms with Crippen molar-refractivity contribution in [3.8, 4) is 0 Å². The number of carbonyl (C=O) groups is 2. The number of hydrogen-bond donors (Lipinski definition) is 2. The fourth-order valence-electron chi connectivity index (χ4n) is 1.98. The molecular formula is C15H17N3O2. The van der Waals surface area contributed by atoms with Crippen LogP contribution < -0.4 is 11.1 Å². The average molecular weight is 271 g/mol. The van der Waals surface area contributed by atoms with Gasteiger partial charge in [0.05, 0.1) is 6.42 Å². The van der Waals surface area contributed by atoms with E-state index < -0.39 is 11.9 Å². The SMILES string of the molecule is NC(=O)CC(C(=O)NCc1ccccc1)n1cccc1. The summed E-state index contributed by atoms with van der Waals surface area (Å²) in [6.07, 6.45) is 3.47. The molecule has 20 heavy (non-hydrogen) atoms. The summed E-state index contributed by atoms with van der Waals surface area (Å²) < 4.78 is 1.69. The van der Waals surface area contributed by atoms with Crippen LogP contribution in [0.1, 0.15) is 18.0 Å². The third kappa shape index (κ3) is 3.71. The monoisotopic (exact) mass is 271 g/mol. The highest BCUT2D eigenvalue weighted by Crippen LogP contribution is 2.12. The summed E-state index contributed by atoms with van der Waals surface area (Å²) in [6, 6.07) is 12.6. The molecule has 2 aromatic rings. The fraction of sp³-hybridized carbons (Fsp3) is 0.200. The lowest BCUT2D eigenvalue weighted by Crippen LogP contribution is -2.34. The first kappa shape index (κ1) is 13.9. The highest BCUT2D eigenvalue weighted by Gasteiger charge is 2.21. The van der Waals surface area contributed by atoms with Crippen LogP contribution in [-0.4, -0.2) is 16.4 Å². The smallest absolute Gasteiger partial charge is 0.243 e. The fourth-order valence-corrected chi connectivity index (χ4v) is 1.98. The van der Waals surface area contributed by atoms with Crippen LogP contribution >= 0.6 is 0 Å². The minimum absolute atomic E-state index is 0.0185. The van der Waals surface area contributed by atoms with E-state index in [0.717, 1.165) is 5.56 Å². The molecule has 5 nitrogen and oxygen atoms in total. The van der Waals surface area contributed by atoms with E-state index in [-0.39, 0.29) is 12.3 Å². The van der Waals surface area contributed by atoms with Gasteiger partial charge in [0.25, 0.3) is 0 Å². The molecular weight excluding hydrogens is 254 g/mol. The molecule has 104 valence electrons. The van der Waals surface area contributed by atoms with Gasteiger partial charge in [-0.3, -0.25) is 9.59 Å². The number of benzene rings is 1. The van der Waals surface area contributed by atoms with Crippen LogP contribution in [0.5, 0.6) is 0 Å². The van der Waals surface area contributed by atoms with Crippen molar-refractivity contribution in [1.82, 2.24) is 9.88 Å². The number of rotatable bonds is 6. The molecule has 1 aromatic heterocycles. The number of aromatic nitrogens is 1. The molecule has 1 aromatic carbocycles. The van der Waals surface area contributed by atoms with Crippen molar-refractivity contribution in [1.29, 1.82) is 0 Å². The lowest BCUT2D eigenvalue weighted by molar-refractivity contribution is -0.128. The van der Waals surface area contributed by atoms with E-state index in [9.17, 15) is 9.59 Å². The zero-order valence-electron chi connectivity index (χ0n) is 11.0. The first-order valence-electron chi connectivity index (χ1n) is 6.39. The number of carbonyl (C=O) groups excluding carboxylic acids is 2. The molecule has 1 heterocycles. The molecule has 0 spiro atoms. The molecule has 5 heteroatoms. The Balaban J connectivity index is 2.02. The van der Waals surface area contributed by atoms with Gasteiger partial charge >= 0.3 is 0 Å². The van der Waals surface area contributed by atoms with E-state index >= 15 is 0 Å². The minimum atomic E-state index is -0.605. The van der Waals surface area contributed by atoms with E-state index in [1.54, 1.807) is 29.1 Å². The summed E-state index contributed by atoms with van der Waals surface area (Å²) in [5, 5.41) is 2.83. The number of nitrogens with zero attached hydrogens (tertiary/aromatic N) is 1. The molecule has 2 rings (SSSR count). The quantitative estimate of drug-likeness (QED) is 0.828. The van der Waals surface area contributed by atoms with Gasteiger partial charge in [0, 0.05) is 18.9 Å². The first-order chi connectivity index (χ1) is 9.66. The Morgan fingerprint density at radius 1 is 1.10 bits per heavy atom. The molecule has 0 radical (unpaired) electrons. The number of hydrogen-bond acceptors (Lipinski definition) is 2. The summed E-state index contributed by atoms with van der Waals surface area (Å²) in [6.45, 7) is 0.427. The van der Waals surface area contributed by atoms with Gasteiger partial charge in [0.2, 0.25) is 11.8 Å². The topological polar surface area (TPSA) is 77.1 Å². The Kier molecular flexibility index (Phi) is 4.55. The number of amides is 2. The predicted molar refractivity (Wildman–Crippen MR) is 75.6 cm³/mol. The minimum Gasteiger partial charge on any atom is -0.370 e. The van der Waals surface area contributed by atoms with Crippen molar-refractivity contribution >= 4 is 11.8 Å². The number of nitrogens with two attached hydrogens (primary N) is 1. The van der Waals surface area contributed by atoms with Crippen molar-refractivity contribution in [2.24, 2.45) is 5.73 Å². The van der Waals surface area contributed by atoms with Gasteiger partial charge in [-0.05, 0) is 17.7 Å². The normalized spacial score (nSPS) is 11.8. The average Bonchev–Trinajstić information content (AvgIpc) is 2.97. The van der Waals surface area contributed by atoms with Crippen molar-refractivity contribution < 1.29 is 9.59 Å². The molecule has 0 aliphatic heterocycles. The largest absolute Gasteiger partial charge is 0.370 e. The molecule has 0 bridgehead atoms. The molecule has 3 N–H and O–H groups in total. The van der Waals surface area contributed by atoms with Crippen molar-refractivity contribution in [2.45, 2.75) is 19.0 Å². The van der Waals surface area contributed by atoms with Gasteiger partial charge in [-0.2, -0.15) is 0 Å². The van der Waals surface area contributed by atoms with E-state index in [1.165, 1.54) is 0 Å². The Morgan fingerprint density at radius 2 is 1.75 bits per heavy atom. The van der Waals surface area contributed by atoms with Gasteiger partial charge in [-0.1, -0.05) is 30.3 Å². The van der Waals surface area contributed by atoms with Crippen molar-refractivity contribution in [3.63, 3.8) is 0 Å². The van der Waals surface area contributed by atoms with Gasteiger partial charge in [0.1, 0.15) is 6.04 Å². The zero-order chi connectivity index (χ0) is 14.4. The lowest BCUT2D eigenvalue weighted by Gasteiger charge is -2.17. The standard InChI is InChI=1S/C15H17N3O2/c16-14(19)10-13(18-8-4-5-9-18)15(20)17-11-12-6-2-1-3-7-12/h1-9,13H,10-11H2,(H2,16,19)(H,17,20). The number of nitrogens with one attached hydrogen (secondary N) is 1. The van der Waals surface area contributed by atoms with Crippen molar-refractivity contribution in [3.05, 3.63) is 60.4 Å². The van der Waals surface area contributed by atoms with E-state index in [0.29, 0.717) is 6.54 Å². The first-order valence-corrected chi connectivity index (χ1v) is 6.39. The Morgan fingerprint density at radius 3 is 2.35 bits per heavy atom. The van der Waals surface area contributed by atoms with Crippen LogP contribution in [0, 0.1) is 0 Å². The molecule has 0 aliphatic rings. The van der Waals surface area contributed by atoms with E-state index in [1.807, 2.05) is 30.3 Å². The molecule has 0 saturated heterocycles. The highest BCUT2D eigenvalue weighted by molar-refractivity contribution is 5.86. The van der Waals surface area contributed by atoms with Crippen LogP contribution in [0.2, 0.25) is 0 Å². The van der Waals surface area contributed by atoms with E-state index in [4.69, 9.17) is 5.73 Å². The summed E-state index contributed by atoms with van der Waals surface area (Å²) in [5.74, 6) is -0.720. The maximum Gasteiger partial charge on any atom is 0.243 e. The Hall–Kier alpha value is -2.56.